The van der Waals surface area contributed by atoms with Gasteiger partial charge >= 0.3 is 5.51 Å². The van der Waals surface area contributed by atoms with Gasteiger partial charge in [-0.25, -0.2) is 8.42 Å². The third kappa shape index (κ3) is 1.16. The Labute approximate surface area is 77.5 Å². The van der Waals surface area contributed by atoms with Crippen LogP contribution in [0.4, 0.5) is 24.5 Å². The number of anilines is 2. The molecule has 3 nitrogen and oxygen atoms in total. The molecule has 0 fully saturated rings. The third-order valence-electron chi connectivity index (χ3n) is 1.82. The second kappa shape index (κ2) is 2.41. The lowest BCUT2D eigenvalue weighted by atomic mass is 10.4. The summed E-state index contributed by atoms with van der Waals surface area (Å²) in [6.07, 6.45) is 0. The molecule has 0 aromatic heterocycles. The van der Waals surface area contributed by atoms with Crippen LogP contribution in [0.5, 0.6) is 0 Å². The van der Waals surface area contributed by atoms with Gasteiger partial charge in [-0.3, -0.25) is 0 Å². The van der Waals surface area contributed by atoms with E-state index in [1.165, 1.54) is 12.1 Å². The van der Waals surface area contributed by atoms with Gasteiger partial charge in [0.15, 0.2) is 0 Å². The maximum absolute atomic E-state index is 12.1. The predicted molar refractivity (Wildman–Crippen MR) is 43.0 cm³/mol. The number of rotatable bonds is 1. The first kappa shape index (κ1) is 9.32. The smallest absolute Gasteiger partial charge is 0.351 e. The summed E-state index contributed by atoms with van der Waals surface area (Å²) in [5.74, 6) is 0. The van der Waals surface area contributed by atoms with E-state index >= 15 is 0 Å². The van der Waals surface area contributed by atoms with Gasteiger partial charge in [-0.15, -0.1) is 0 Å². The molecule has 0 radical (unpaired) electrons. The first-order valence-corrected chi connectivity index (χ1v) is 5.04. The molecule has 0 saturated heterocycles. The fraction of sp³-hybridized carbons (Fsp3) is 0.143. The van der Waals surface area contributed by atoms with E-state index in [9.17, 15) is 21.6 Å². The molecule has 1 aromatic rings. The van der Waals surface area contributed by atoms with Crippen LogP contribution in [-0.4, -0.2) is 13.9 Å². The highest BCUT2D eigenvalue weighted by atomic mass is 32.2. The van der Waals surface area contributed by atoms with Gasteiger partial charge in [0, 0.05) is 0 Å². The van der Waals surface area contributed by atoms with Crippen molar-refractivity contribution in [2.24, 2.45) is 0 Å². The van der Waals surface area contributed by atoms with Crippen LogP contribution in [0.25, 0.3) is 0 Å². The first-order valence-electron chi connectivity index (χ1n) is 3.55. The van der Waals surface area contributed by atoms with Crippen LogP contribution in [0.1, 0.15) is 0 Å². The minimum Gasteiger partial charge on any atom is -0.351 e. The summed E-state index contributed by atoms with van der Waals surface area (Å²) in [7, 11) is -5.22. The van der Waals surface area contributed by atoms with E-state index < -0.39 is 20.2 Å². The van der Waals surface area contributed by atoms with Crippen LogP contribution in [-0.2, 0) is 9.84 Å². The quantitative estimate of drug-likeness (QED) is 0.752. The fourth-order valence-electron chi connectivity index (χ4n) is 1.09. The van der Waals surface area contributed by atoms with Crippen molar-refractivity contribution in [1.29, 1.82) is 0 Å². The Morgan fingerprint density at radius 3 is 2.43 bits per heavy atom. The van der Waals surface area contributed by atoms with Crippen LogP contribution in [0.2, 0.25) is 0 Å². The number of fused-ring (bicyclic) bond motifs is 1. The van der Waals surface area contributed by atoms with E-state index in [2.05, 4.69) is 5.32 Å². The van der Waals surface area contributed by atoms with Crippen LogP contribution in [0.15, 0.2) is 23.1 Å². The number of alkyl halides is 3. The van der Waals surface area contributed by atoms with E-state index in [-0.39, 0.29) is 5.69 Å². The molecule has 0 saturated carbocycles. The van der Waals surface area contributed by atoms with Crippen molar-refractivity contribution < 1.29 is 21.6 Å². The van der Waals surface area contributed by atoms with Crippen LogP contribution < -0.4 is 5.32 Å². The predicted octanol–water partition coefficient (Wildman–Crippen LogP) is 2.04. The standard InChI is InChI=1S/C7H4F3NO2S/c8-7(9,10)14(12,13)5-3-1-2-4-6(5)11-4/h1-3,11H. The highest BCUT2D eigenvalue weighted by molar-refractivity contribution is 7.92. The van der Waals surface area contributed by atoms with Crippen molar-refractivity contribution in [3.05, 3.63) is 18.2 Å². The molecule has 0 atom stereocenters. The molecule has 7 heteroatoms. The van der Waals surface area contributed by atoms with Gasteiger partial charge in [-0.1, -0.05) is 6.07 Å². The molecule has 1 aliphatic rings. The Hall–Kier alpha value is -1.24. The average Bonchev–Trinajstić information content (AvgIpc) is 2.78. The minimum atomic E-state index is -5.24. The van der Waals surface area contributed by atoms with Crippen molar-refractivity contribution >= 4 is 21.2 Å². The van der Waals surface area contributed by atoms with Gasteiger partial charge in [-0.05, 0) is 12.1 Å². The summed E-state index contributed by atoms with van der Waals surface area (Å²) in [5.41, 5.74) is -4.77. The molecule has 1 N–H and O–H groups in total. The number of benzene rings is 1. The maximum Gasteiger partial charge on any atom is 0.501 e. The number of nitrogens with one attached hydrogen (secondary N) is 1. The zero-order valence-electron chi connectivity index (χ0n) is 6.59. The Morgan fingerprint density at radius 1 is 1.21 bits per heavy atom. The van der Waals surface area contributed by atoms with E-state index in [0.29, 0.717) is 5.69 Å². The number of hydrogen-bond acceptors (Lipinski definition) is 3. The minimum absolute atomic E-state index is 0.0461. The van der Waals surface area contributed by atoms with Crippen LogP contribution in [0, 0.1) is 0 Å². The second-order valence-corrected chi connectivity index (χ2v) is 4.66. The summed E-state index contributed by atoms with van der Waals surface area (Å²) < 4.78 is 58.2. The molecule has 1 aliphatic heterocycles. The summed E-state index contributed by atoms with van der Waals surface area (Å²) in [6, 6.07) is 3.70. The molecule has 0 aliphatic carbocycles. The molecule has 0 bridgehead atoms. The maximum atomic E-state index is 12.1. The van der Waals surface area contributed by atoms with E-state index in [4.69, 9.17) is 0 Å². The largest absolute Gasteiger partial charge is 0.501 e. The van der Waals surface area contributed by atoms with Gasteiger partial charge in [0.1, 0.15) is 4.90 Å². The summed E-state index contributed by atoms with van der Waals surface area (Å²) in [6.45, 7) is 0. The molecule has 1 heterocycles. The fourth-order valence-corrected chi connectivity index (χ4v) is 2.02. The van der Waals surface area contributed by atoms with E-state index in [0.717, 1.165) is 6.07 Å². The average molecular weight is 223 g/mol. The van der Waals surface area contributed by atoms with Crippen LogP contribution in [0.3, 0.4) is 0 Å². The molecule has 76 valence electrons. The molecular weight excluding hydrogens is 219 g/mol. The molecule has 2 rings (SSSR count). The van der Waals surface area contributed by atoms with E-state index in [1.54, 1.807) is 0 Å². The molecule has 14 heavy (non-hydrogen) atoms. The Balaban J connectivity index is 2.59. The van der Waals surface area contributed by atoms with Gasteiger partial charge < -0.3 is 5.32 Å². The highest BCUT2D eigenvalue weighted by Gasteiger charge is 2.49. The molecule has 0 spiro atoms. The van der Waals surface area contributed by atoms with Crippen LogP contribution >= 0.6 is 0 Å². The molecule has 1 aromatic carbocycles. The molecule has 0 unspecified atom stereocenters. The van der Waals surface area contributed by atoms with Crippen molar-refractivity contribution in [1.82, 2.24) is 0 Å². The molecule has 0 amide bonds. The zero-order chi connectivity index (χ0) is 10.6. The topological polar surface area (TPSA) is 56.1 Å². The number of sulfone groups is 1. The summed E-state index contributed by atoms with van der Waals surface area (Å²) >= 11 is 0. The van der Waals surface area contributed by atoms with Crippen molar-refractivity contribution in [2.75, 3.05) is 5.32 Å². The second-order valence-electron chi connectivity index (χ2n) is 2.75. The van der Waals surface area contributed by atoms with E-state index in [1.807, 2.05) is 0 Å². The first-order chi connectivity index (χ1) is 6.34. The van der Waals surface area contributed by atoms with Crippen molar-refractivity contribution in [2.45, 2.75) is 10.4 Å². The van der Waals surface area contributed by atoms with Gasteiger partial charge in [-0.2, -0.15) is 13.2 Å². The van der Waals surface area contributed by atoms with Crippen molar-refractivity contribution in [3.8, 4) is 0 Å². The normalized spacial score (nSPS) is 14.5. The Morgan fingerprint density at radius 2 is 1.86 bits per heavy atom. The highest BCUT2D eigenvalue weighted by Crippen LogP contribution is 2.46. The number of halogens is 3. The van der Waals surface area contributed by atoms with Gasteiger partial charge in [0.2, 0.25) is 0 Å². The summed E-state index contributed by atoms with van der Waals surface area (Å²) in [4.78, 5) is -0.706. The summed E-state index contributed by atoms with van der Waals surface area (Å²) in [5, 5.41) is 2.46. The zero-order valence-corrected chi connectivity index (χ0v) is 7.41. The lowest BCUT2D eigenvalue weighted by Crippen LogP contribution is -2.22. The Kier molecular flexibility index (Phi) is 1.61. The lowest BCUT2D eigenvalue weighted by Gasteiger charge is -2.06. The van der Waals surface area contributed by atoms with Crippen molar-refractivity contribution in [3.63, 3.8) is 0 Å². The van der Waals surface area contributed by atoms with Gasteiger partial charge in [0.25, 0.3) is 9.84 Å². The molecular formula is C7H4F3NO2S. The third-order valence-corrected chi connectivity index (χ3v) is 3.35. The van der Waals surface area contributed by atoms with Gasteiger partial charge in [0.05, 0.1) is 11.4 Å². The Bertz CT molecular complexity index is 492. The number of hydrogen-bond donors (Lipinski definition) is 1. The number of para-hydroxylation sites is 1. The SMILES string of the molecule is O=S(=O)(c1cccc2c1N2)C(F)(F)F. The monoisotopic (exact) mass is 223 g/mol. The lowest BCUT2D eigenvalue weighted by molar-refractivity contribution is -0.0435.